The number of terminal acetylenes is 1. The highest BCUT2D eigenvalue weighted by Gasteiger charge is 2.42. The number of benzene rings is 2. The maximum Gasteiger partial charge on any atom is 0.319 e. The molecular formula is C38H42F3N6O3P. The van der Waals surface area contributed by atoms with E-state index in [0.29, 0.717) is 17.2 Å². The van der Waals surface area contributed by atoms with Gasteiger partial charge in [0.15, 0.2) is 5.82 Å². The van der Waals surface area contributed by atoms with Crippen LogP contribution >= 0.6 is 7.14 Å². The van der Waals surface area contributed by atoms with Crippen molar-refractivity contribution in [1.82, 2.24) is 24.8 Å². The van der Waals surface area contributed by atoms with Crippen molar-refractivity contribution in [2.75, 3.05) is 52.4 Å². The SMILES string of the molecule is C#Cc1c(F)ccc2cc(P(C)(C)=O)cc(-c3ncc4c(NCC5(N(C)C(=O)C=C)CCCC5)nc(OC[C@]5(C)C[C@@H](F)CN5C)nc4c3F)c12. The average Bonchev–Trinajstić information content (AvgIpc) is 3.68. The molecule has 1 aliphatic carbocycles. The summed E-state index contributed by atoms with van der Waals surface area (Å²) in [6.45, 7) is 9.29. The van der Waals surface area contributed by atoms with Gasteiger partial charge in [-0.2, -0.15) is 9.97 Å². The Hall–Kier alpha value is -4.46. The number of anilines is 1. The first-order valence-corrected chi connectivity index (χ1v) is 19.5. The number of alkyl halides is 1. The highest BCUT2D eigenvalue weighted by Crippen LogP contribution is 2.42. The predicted molar refractivity (Wildman–Crippen MR) is 196 cm³/mol. The molecule has 1 amide bonds. The monoisotopic (exact) mass is 718 g/mol. The van der Waals surface area contributed by atoms with Crippen LogP contribution in [0.2, 0.25) is 0 Å². The first-order chi connectivity index (χ1) is 24.1. The van der Waals surface area contributed by atoms with Crippen LogP contribution in [0.15, 0.2) is 43.1 Å². The first kappa shape index (κ1) is 36.3. The van der Waals surface area contributed by atoms with E-state index in [1.165, 1.54) is 24.4 Å². The van der Waals surface area contributed by atoms with Crippen LogP contribution < -0.4 is 15.4 Å². The number of nitrogens with one attached hydrogen (secondary N) is 1. The molecule has 1 saturated heterocycles. The lowest BCUT2D eigenvalue weighted by molar-refractivity contribution is -0.129. The minimum Gasteiger partial charge on any atom is -0.461 e. The van der Waals surface area contributed by atoms with Crippen molar-refractivity contribution in [3.05, 3.63) is 60.3 Å². The molecule has 2 aliphatic rings. The van der Waals surface area contributed by atoms with Crippen LogP contribution in [0, 0.1) is 24.0 Å². The Labute approximate surface area is 296 Å². The van der Waals surface area contributed by atoms with E-state index < -0.39 is 36.0 Å². The number of nitrogens with zero attached hydrogens (tertiary/aromatic N) is 5. The smallest absolute Gasteiger partial charge is 0.319 e. The van der Waals surface area contributed by atoms with E-state index in [-0.39, 0.29) is 70.4 Å². The van der Waals surface area contributed by atoms with Gasteiger partial charge in [-0.05, 0) is 69.8 Å². The lowest BCUT2D eigenvalue weighted by Gasteiger charge is -2.38. The molecule has 268 valence electrons. The van der Waals surface area contributed by atoms with Crippen molar-refractivity contribution in [2.45, 2.75) is 56.3 Å². The minimum absolute atomic E-state index is 0.0364. The topological polar surface area (TPSA) is 101 Å². The lowest BCUT2D eigenvalue weighted by atomic mass is 9.95. The molecule has 2 aromatic carbocycles. The number of rotatable bonds is 10. The van der Waals surface area contributed by atoms with E-state index in [9.17, 15) is 13.8 Å². The van der Waals surface area contributed by atoms with Gasteiger partial charge in [-0.25, -0.2) is 13.2 Å². The number of likely N-dealkylation sites (N-methyl/N-ethyl adjacent to an activating group) is 2. The molecule has 1 saturated carbocycles. The van der Waals surface area contributed by atoms with Crippen molar-refractivity contribution >= 4 is 45.8 Å². The Morgan fingerprint density at radius 2 is 1.98 bits per heavy atom. The molecule has 6 rings (SSSR count). The number of hydrogen-bond donors (Lipinski definition) is 1. The maximum atomic E-state index is 17.1. The van der Waals surface area contributed by atoms with E-state index in [4.69, 9.17) is 11.2 Å². The van der Waals surface area contributed by atoms with Gasteiger partial charge >= 0.3 is 6.01 Å². The number of aromatic nitrogens is 3. The van der Waals surface area contributed by atoms with Gasteiger partial charge in [0.25, 0.3) is 0 Å². The summed E-state index contributed by atoms with van der Waals surface area (Å²) in [5, 5.41) is 4.76. The molecule has 51 heavy (non-hydrogen) atoms. The Balaban J connectivity index is 1.52. The van der Waals surface area contributed by atoms with Crippen LogP contribution in [0.1, 0.15) is 44.6 Å². The molecule has 4 aromatic rings. The maximum absolute atomic E-state index is 17.1. The number of halogens is 3. The third kappa shape index (κ3) is 6.70. The first-order valence-electron chi connectivity index (χ1n) is 16.9. The molecule has 1 N–H and O–H groups in total. The fraction of sp³-hybridized carbons (Fsp3) is 0.421. The van der Waals surface area contributed by atoms with Gasteiger partial charge in [0.05, 0.1) is 22.0 Å². The zero-order valence-corrected chi connectivity index (χ0v) is 30.4. The van der Waals surface area contributed by atoms with E-state index in [1.807, 2.05) is 18.9 Å². The number of amides is 1. The number of pyridine rings is 1. The fourth-order valence-electron chi connectivity index (χ4n) is 7.37. The second kappa shape index (κ2) is 13.6. The molecule has 9 nitrogen and oxygen atoms in total. The minimum atomic E-state index is -2.88. The lowest BCUT2D eigenvalue weighted by Crippen LogP contribution is -2.51. The van der Waals surface area contributed by atoms with Crippen molar-refractivity contribution in [1.29, 1.82) is 0 Å². The Kier molecular flexibility index (Phi) is 9.68. The van der Waals surface area contributed by atoms with Crippen LogP contribution in [0.4, 0.5) is 19.0 Å². The predicted octanol–water partition coefficient (Wildman–Crippen LogP) is 6.53. The third-order valence-corrected chi connectivity index (χ3v) is 12.1. The van der Waals surface area contributed by atoms with Crippen molar-refractivity contribution in [3.63, 3.8) is 0 Å². The van der Waals surface area contributed by atoms with Gasteiger partial charge in [0, 0.05) is 49.0 Å². The van der Waals surface area contributed by atoms with Gasteiger partial charge in [-0.15, -0.1) is 6.42 Å². The highest BCUT2D eigenvalue weighted by atomic mass is 31.2. The number of ether oxygens (including phenoxy) is 1. The number of hydrogen-bond acceptors (Lipinski definition) is 8. The Morgan fingerprint density at radius 1 is 1.25 bits per heavy atom. The largest absolute Gasteiger partial charge is 0.461 e. The van der Waals surface area contributed by atoms with Crippen LogP contribution in [0.3, 0.4) is 0 Å². The number of carbonyl (C=O) groups is 1. The zero-order chi connectivity index (χ0) is 36.9. The van der Waals surface area contributed by atoms with Gasteiger partial charge in [0.1, 0.15) is 42.8 Å². The van der Waals surface area contributed by atoms with Crippen LogP contribution in [-0.4, -0.2) is 95.0 Å². The molecule has 13 heteroatoms. The van der Waals surface area contributed by atoms with E-state index in [1.54, 1.807) is 37.4 Å². The van der Waals surface area contributed by atoms with Gasteiger partial charge in [-0.3, -0.25) is 14.7 Å². The summed E-state index contributed by atoms with van der Waals surface area (Å²) >= 11 is 0. The van der Waals surface area contributed by atoms with E-state index >= 15 is 8.78 Å². The van der Waals surface area contributed by atoms with Crippen molar-refractivity contribution < 1.29 is 27.3 Å². The normalized spacial score (nSPS) is 20.4. The molecule has 0 radical (unpaired) electrons. The summed E-state index contributed by atoms with van der Waals surface area (Å²) in [4.78, 5) is 29.9. The molecule has 2 atom stereocenters. The summed E-state index contributed by atoms with van der Waals surface area (Å²) in [6, 6.07) is 5.81. The van der Waals surface area contributed by atoms with Crippen molar-refractivity contribution in [3.8, 4) is 29.6 Å². The van der Waals surface area contributed by atoms with Gasteiger partial charge in [0.2, 0.25) is 5.91 Å². The number of fused-ring (bicyclic) bond motifs is 2. The van der Waals surface area contributed by atoms with E-state index in [0.717, 1.165) is 25.7 Å². The highest BCUT2D eigenvalue weighted by molar-refractivity contribution is 7.70. The molecular weight excluding hydrogens is 676 g/mol. The second-order valence-electron chi connectivity index (χ2n) is 14.4. The third-order valence-electron chi connectivity index (χ3n) is 10.6. The van der Waals surface area contributed by atoms with Crippen LogP contribution in [0.25, 0.3) is 32.9 Å². The molecule has 2 aromatic heterocycles. The summed E-state index contributed by atoms with van der Waals surface area (Å²) in [6.07, 6.45) is 11.0. The quantitative estimate of drug-likeness (QED) is 0.112. The summed E-state index contributed by atoms with van der Waals surface area (Å²) < 4.78 is 65.9. The number of carbonyl (C=O) groups excluding carboxylic acids is 1. The zero-order valence-electron chi connectivity index (χ0n) is 29.5. The summed E-state index contributed by atoms with van der Waals surface area (Å²) in [5.74, 6) is 0.890. The Morgan fingerprint density at radius 3 is 2.61 bits per heavy atom. The molecule has 3 heterocycles. The van der Waals surface area contributed by atoms with E-state index in [2.05, 4.69) is 32.8 Å². The number of likely N-dealkylation sites (tertiary alicyclic amines) is 1. The molecule has 0 unspecified atom stereocenters. The summed E-state index contributed by atoms with van der Waals surface area (Å²) in [7, 11) is 0.675. The Bertz CT molecular complexity index is 2140. The van der Waals surface area contributed by atoms with Crippen LogP contribution in [-0.2, 0) is 9.36 Å². The fourth-order valence-corrected chi connectivity index (χ4v) is 8.26. The molecule has 0 spiro atoms. The van der Waals surface area contributed by atoms with Gasteiger partial charge < -0.3 is 19.5 Å². The second-order valence-corrected chi connectivity index (χ2v) is 17.6. The molecule has 2 fully saturated rings. The molecule has 0 bridgehead atoms. The summed E-state index contributed by atoms with van der Waals surface area (Å²) in [5.41, 5.74) is -1.42. The van der Waals surface area contributed by atoms with Gasteiger partial charge in [-0.1, -0.05) is 31.4 Å². The van der Waals surface area contributed by atoms with Crippen molar-refractivity contribution in [2.24, 2.45) is 0 Å². The standard InChI is InChI=1S/C38H42F3N6O3P/c1-8-26-29(40)13-12-23-16-25(51(6,7)49)17-27(31(23)26)33-32(41)34-28(19-42-33)35(43-21-38(14-10-11-15-38)47(5)30(48)9-2)45-36(44-34)50-22-37(3)18-24(39)20-46(37)4/h1,9,12-13,16-17,19,24H,2,10-11,14-15,18,20-22H2,3-7H3,(H,43,44,45)/t24-,37+/m1/s1. The van der Waals surface area contributed by atoms with Crippen LogP contribution in [0.5, 0.6) is 6.01 Å². The average molecular weight is 719 g/mol. The molecule has 1 aliphatic heterocycles.